The molecule has 3 amide bonds. The summed E-state index contributed by atoms with van der Waals surface area (Å²) < 4.78 is 29.1. The van der Waals surface area contributed by atoms with Gasteiger partial charge in [0.25, 0.3) is 0 Å². The average Bonchev–Trinajstić information content (AvgIpc) is 3.57. The number of H-pyrrole nitrogens is 1. The number of guanidine groups is 1. The molecule has 2 aliphatic rings. The molecule has 14 heteroatoms. The number of carbonyl (C=O) groups is 3. The number of benzene rings is 1. The Morgan fingerprint density at radius 1 is 0.915 bits per heavy atom. The summed E-state index contributed by atoms with van der Waals surface area (Å²) in [4.78, 5) is 45.1. The number of nitrogens with one attached hydrogen (secondary N) is 5. The minimum Gasteiger partial charge on any atom is -0.444 e. The number of hydrogen-bond donors (Lipinski definition) is 5. The highest BCUT2D eigenvalue weighted by Crippen LogP contribution is 2.39. The third kappa shape index (κ3) is 11.2. The third-order valence-corrected chi connectivity index (χ3v) is 7.17. The second kappa shape index (κ2) is 15.0. The fraction of sp³-hybridized carbons (Fsp3) is 0.636. The van der Waals surface area contributed by atoms with E-state index in [4.69, 9.17) is 23.7 Å². The van der Waals surface area contributed by atoms with Crippen LogP contribution in [0.1, 0.15) is 67.4 Å². The maximum absolute atomic E-state index is 12.9. The molecule has 14 nitrogen and oxygen atoms in total. The molecule has 2 fully saturated rings. The SMILES string of the molecule is CC(C)(C)OC(=O)NC(=NCCNC[C@@H]1O[C@H](CC(=O)NCCc2c[nH]c3ccccc23)[C@@H]2OC(C)(C)O[C@@H]21)NC(=O)OC(C)(C)C. The molecule has 4 atom stereocenters. The number of alkyl carbamates (subject to hydrolysis) is 2. The number of hydrogen-bond acceptors (Lipinski definition) is 10. The minimum absolute atomic E-state index is 0.0995. The molecular formula is C33H50N6O8. The number of fused-ring (bicyclic) bond motifs is 2. The molecule has 260 valence electrons. The van der Waals surface area contributed by atoms with Crippen molar-refractivity contribution in [2.45, 2.75) is 110 Å². The molecular weight excluding hydrogens is 608 g/mol. The predicted molar refractivity (Wildman–Crippen MR) is 176 cm³/mol. The molecule has 5 N–H and O–H groups in total. The second-order valence-electron chi connectivity index (χ2n) is 14.1. The lowest BCUT2D eigenvalue weighted by atomic mass is 10.1. The number of para-hydroxylation sites is 1. The first-order valence-corrected chi connectivity index (χ1v) is 16.1. The summed E-state index contributed by atoms with van der Waals surface area (Å²) in [6, 6.07) is 8.08. The van der Waals surface area contributed by atoms with Crippen molar-refractivity contribution in [3.05, 3.63) is 36.0 Å². The summed E-state index contributed by atoms with van der Waals surface area (Å²) in [6.45, 7) is 15.6. The number of aromatic amines is 1. The quantitative estimate of drug-likeness (QED) is 0.145. The lowest BCUT2D eigenvalue weighted by Gasteiger charge is -2.24. The van der Waals surface area contributed by atoms with Crippen LogP contribution in [0.15, 0.2) is 35.5 Å². The zero-order valence-corrected chi connectivity index (χ0v) is 28.7. The first kappa shape index (κ1) is 36.1. The molecule has 0 radical (unpaired) electrons. The largest absolute Gasteiger partial charge is 0.444 e. The monoisotopic (exact) mass is 658 g/mol. The number of rotatable bonds is 10. The van der Waals surface area contributed by atoms with Crippen LogP contribution in [-0.4, -0.2) is 96.6 Å². The highest BCUT2D eigenvalue weighted by molar-refractivity contribution is 6.01. The molecule has 3 heterocycles. The van der Waals surface area contributed by atoms with Gasteiger partial charge in [0.2, 0.25) is 11.9 Å². The number of nitrogens with zero attached hydrogens (tertiary/aromatic N) is 1. The van der Waals surface area contributed by atoms with E-state index in [0.29, 0.717) is 26.1 Å². The zero-order chi connectivity index (χ0) is 34.4. The van der Waals surface area contributed by atoms with Crippen LogP contribution in [0, 0.1) is 0 Å². The summed E-state index contributed by atoms with van der Waals surface area (Å²) in [5, 5.41) is 12.4. The Morgan fingerprint density at radius 2 is 1.53 bits per heavy atom. The van der Waals surface area contributed by atoms with Gasteiger partial charge in [-0.25, -0.2) is 9.59 Å². The van der Waals surface area contributed by atoms with Crippen molar-refractivity contribution < 1.29 is 38.1 Å². The molecule has 0 saturated carbocycles. The van der Waals surface area contributed by atoms with E-state index in [2.05, 4.69) is 37.3 Å². The van der Waals surface area contributed by atoms with Crippen LogP contribution in [0.25, 0.3) is 10.9 Å². The first-order chi connectivity index (χ1) is 22.0. The van der Waals surface area contributed by atoms with Gasteiger partial charge in [0.05, 0.1) is 25.2 Å². The van der Waals surface area contributed by atoms with Crippen LogP contribution >= 0.6 is 0 Å². The zero-order valence-electron chi connectivity index (χ0n) is 28.7. The van der Waals surface area contributed by atoms with Gasteiger partial charge in [0, 0.05) is 36.7 Å². The Balaban J connectivity index is 1.27. The standard InChI is InChI=1S/C33H50N6O8/c1-31(2,3)46-29(41)38-28(39-30(42)47-32(4,5)6)36-16-15-34-19-24-27-26(44-33(7,8)45-27)23(43-24)17-25(40)35-14-13-20-18-37-22-12-10-9-11-21(20)22/h9-12,18,23-24,26-27,34,37H,13-17,19H2,1-8H3,(H,35,40)(H2,36,38,39,41,42)/t23-,24+,26+,27-/m1/s1. The van der Waals surface area contributed by atoms with E-state index in [1.165, 1.54) is 0 Å². The van der Waals surface area contributed by atoms with Gasteiger partial charge in [-0.05, 0) is 73.4 Å². The highest BCUT2D eigenvalue weighted by Gasteiger charge is 2.55. The molecule has 1 aromatic carbocycles. The molecule has 2 aliphatic heterocycles. The molecule has 0 spiro atoms. The maximum Gasteiger partial charge on any atom is 0.414 e. The van der Waals surface area contributed by atoms with Crippen molar-refractivity contribution in [2.24, 2.45) is 4.99 Å². The van der Waals surface area contributed by atoms with Crippen LogP contribution in [-0.2, 0) is 34.9 Å². The molecule has 2 saturated heterocycles. The molecule has 2 aromatic rings. The van der Waals surface area contributed by atoms with Crippen molar-refractivity contribution >= 4 is 35.0 Å². The van der Waals surface area contributed by atoms with Crippen molar-refractivity contribution in [3.8, 4) is 0 Å². The third-order valence-electron chi connectivity index (χ3n) is 7.17. The van der Waals surface area contributed by atoms with Gasteiger partial charge in [-0.2, -0.15) is 0 Å². The Kier molecular flexibility index (Phi) is 11.5. The van der Waals surface area contributed by atoms with E-state index < -0.39 is 41.4 Å². The van der Waals surface area contributed by atoms with Gasteiger partial charge >= 0.3 is 12.2 Å². The number of carbonyl (C=O) groups excluding carboxylic acids is 3. The van der Waals surface area contributed by atoms with E-state index >= 15 is 0 Å². The van der Waals surface area contributed by atoms with Gasteiger partial charge in [-0.1, -0.05) is 18.2 Å². The summed E-state index contributed by atoms with van der Waals surface area (Å²) in [7, 11) is 0. The lowest BCUT2D eigenvalue weighted by Crippen LogP contribution is -2.47. The summed E-state index contributed by atoms with van der Waals surface area (Å²) in [5.41, 5.74) is 0.746. The molecule has 0 unspecified atom stereocenters. The van der Waals surface area contributed by atoms with E-state index in [9.17, 15) is 14.4 Å². The van der Waals surface area contributed by atoms with Gasteiger partial charge in [-0.3, -0.25) is 20.4 Å². The van der Waals surface area contributed by atoms with Crippen molar-refractivity contribution in [1.29, 1.82) is 0 Å². The van der Waals surface area contributed by atoms with E-state index in [-0.39, 0.29) is 37.0 Å². The number of amides is 3. The van der Waals surface area contributed by atoms with Gasteiger partial charge in [0.15, 0.2) is 5.79 Å². The van der Waals surface area contributed by atoms with E-state index in [1.807, 2.05) is 38.2 Å². The predicted octanol–water partition coefficient (Wildman–Crippen LogP) is 3.50. The summed E-state index contributed by atoms with van der Waals surface area (Å²) >= 11 is 0. The second-order valence-corrected chi connectivity index (χ2v) is 14.1. The number of ether oxygens (including phenoxy) is 5. The van der Waals surface area contributed by atoms with E-state index in [0.717, 1.165) is 16.5 Å². The lowest BCUT2D eigenvalue weighted by molar-refractivity contribution is -0.187. The van der Waals surface area contributed by atoms with Crippen molar-refractivity contribution in [3.63, 3.8) is 0 Å². The van der Waals surface area contributed by atoms with Crippen LogP contribution in [0.2, 0.25) is 0 Å². The molecule has 0 bridgehead atoms. The van der Waals surface area contributed by atoms with Crippen LogP contribution in [0.5, 0.6) is 0 Å². The van der Waals surface area contributed by atoms with Gasteiger partial charge in [0.1, 0.15) is 23.4 Å². The Hall–Kier alpha value is -3.72. The smallest absolute Gasteiger partial charge is 0.414 e. The normalized spacial score (nSPS) is 22.0. The topological polar surface area (TPSA) is 174 Å². The Bertz CT molecular complexity index is 1390. The summed E-state index contributed by atoms with van der Waals surface area (Å²) in [5.74, 6) is -1.02. The van der Waals surface area contributed by atoms with Crippen molar-refractivity contribution in [2.75, 3.05) is 26.2 Å². The molecule has 0 aliphatic carbocycles. The van der Waals surface area contributed by atoms with E-state index in [1.54, 1.807) is 41.5 Å². The van der Waals surface area contributed by atoms with Crippen LogP contribution in [0.3, 0.4) is 0 Å². The van der Waals surface area contributed by atoms with Crippen LogP contribution < -0.4 is 21.3 Å². The van der Waals surface area contributed by atoms with Gasteiger partial charge < -0.3 is 39.3 Å². The Labute approximate surface area is 276 Å². The molecule has 4 rings (SSSR count). The van der Waals surface area contributed by atoms with Gasteiger partial charge in [-0.15, -0.1) is 0 Å². The molecule has 47 heavy (non-hydrogen) atoms. The van der Waals surface area contributed by atoms with Crippen LogP contribution in [0.4, 0.5) is 9.59 Å². The van der Waals surface area contributed by atoms with Crippen molar-refractivity contribution in [1.82, 2.24) is 26.3 Å². The molecule has 1 aromatic heterocycles. The number of aromatic nitrogens is 1. The maximum atomic E-state index is 12.9. The Morgan fingerprint density at radius 3 is 2.17 bits per heavy atom. The highest BCUT2D eigenvalue weighted by atomic mass is 16.8. The average molecular weight is 659 g/mol. The number of aliphatic imine (C=N–C) groups is 1. The fourth-order valence-corrected chi connectivity index (χ4v) is 5.43. The first-order valence-electron chi connectivity index (χ1n) is 16.1. The fourth-order valence-electron chi connectivity index (χ4n) is 5.43. The summed E-state index contributed by atoms with van der Waals surface area (Å²) in [6.07, 6.45) is -0.287. The minimum atomic E-state index is -0.804.